The quantitative estimate of drug-likeness (QED) is 0.154. The first-order valence-corrected chi connectivity index (χ1v) is 12.9. The summed E-state index contributed by atoms with van der Waals surface area (Å²) in [4.78, 5) is 21.1. The Bertz CT molecular complexity index is 782. The third-order valence-electron chi connectivity index (χ3n) is 6.31. The SMILES string of the molecule is CCCCCCCCc1cnc(-c2ccc(OC(=O)CCCCCCC3CC3)cc2)nc1. The summed E-state index contributed by atoms with van der Waals surface area (Å²) < 4.78 is 5.48. The lowest BCUT2D eigenvalue weighted by molar-refractivity contribution is -0.134. The molecule has 4 nitrogen and oxygen atoms in total. The number of benzene rings is 1. The van der Waals surface area contributed by atoms with E-state index in [2.05, 4.69) is 16.9 Å². The molecule has 0 N–H and O–H groups in total. The third-order valence-corrected chi connectivity index (χ3v) is 6.31. The summed E-state index contributed by atoms with van der Waals surface area (Å²) in [5.41, 5.74) is 2.13. The highest BCUT2D eigenvalue weighted by Crippen LogP contribution is 2.34. The van der Waals surface area contributed by atoms with E-state index in [9.17, 15) is 4.79 Å². The van der Waals surface area contributed by atoms with Crippen molar-refractivity contribution in [1.29, 1.82) is 0 Å². The molecule has 1 aromatic carbocycles. The minimum absolute atomic E-state index is 0.143. The smallest absolute Gasteiger partial charge is 0.311 e. The van der Waals surface area contributed by atoms with Gasteiger partial charge in [0.05, 0.1) is 0 Å². The molecule has 1 aromatic heterocycles. The van der Waals surface area contributed by atoms with Crippen LogP contribution in [0.5, 0.6) is 5.75 Å². The Balaban J connectivity index is 1.33. The molecule has 4 heteroatoms. The molecule has 0 aliphatic heterocycles. The zero-order valence-electron chi connectivity index (χ0n) is 19.9. The van der Waals surface area contributed by atoms with Crippen LogP contribution in [0, 0.1) is 5.92 Å². The van der Waals surface area contributed by atoms with Crippen molar-refractivity contribution in [2.24, 2.45) is 5.92 Å². The van der Waals surface area contributed by atoms with Gasteiger partial charge in [-0.2, -0.15) is 0 Å². The van der Waals surface area contributed by atoms with Crippen molar-refractivity contribution in [3.05, 3.63) is 42.2 Å². The minimum atomic E-state index is -0.143. The second-order valence-electron chi connectivity index (χ2n) is 9.33. The summed E-state index contributed by atoms with van der Waals surface area (Å²) in [6.07, 6.45) is 22.0. The summed E-state index contributed by atoms with van der Waals surface area (Å²) in [5, 5.41) is 0. The molecule has 0 radical (unpaired) electrons. The number of aryl methyl sites for hydroxylation is 1. The number of ether oxygens (including phenoxy) is 1. The number of rotatable bonds is 16. The number of unbranched alkanes of at least 4 members (excludes halogenated alkanes) is 8. The van der Waals surface area contributed by atoms with Gasteiger partial charge < -0.3 is 4.74 Å². The van der Waals surface area contributed by atoms with E-state index >= 15 is 0 Å². The van der Waals surface area contributed by atoms with Crippen molar-refractivity contribution in [3.8, 4) is 17.1 Å². The van der Waals surface area contributed by atoms with E-state index in [1.54, 1.807) is 0 Å². The molecule has 3 rings (SSSR count). The van der Waals surface area contributed by atoms with Crippen LogP contribution < -0.4 is 4.74 Å². The van der Waals surface area contributed by atoms with Crippen LogP contribution in [-0.2, 0) is 11.2 Å². The molecule has 0 saturated heterocycles. The van der Waals surface area contributed by atoms with Crippen molar-refractivity contribution in [1.82, 2.24) is 9.97 Å². The highest BCUT2D eigenvalue weighted by molar-refractivity contribution is 5.72. The van der Waals surface area contributed by atoms with Gasteiger partial charge in [0.1, 0.15) is 5.75 Å². The molecule has 0 unspecified atom stereocenters. The molecule has 32 heavy (non-hydrogen) atoms. The first kappa shape index (κ1) is 24.4. The standard InChI is InChI=1S/C28H40N2O2/c1-2-3-4-5-6-10-13-24-21-29-28(30-22-24)25-17-19-26(20-18-25)32-27(31)14-11-8-7-9-12-23-15-16-23/h17-23H,2-16H2,1H3. The highest BCUT2D eigenvalue weighted by atomic mass is 16.5. The third kappa shape index (κ3) is 9.50. The number of aromatic nitrogens is 2. The largest absolute Gasteiger partial charge is 0.427 e. The maximum absolute atomic E-state index is 12.1. The van der Waals surface area contributed by atoms with Crippen molar-refractivity contribution < 1.29 is 9.53 Å². The number of hydrogen-bond acceptors (Lipinski definition) is 4. The van der Waals surface area contributed by atoms with Gasteiger partial charge in [-0.1, -0.05) is 77.6 Å². The van der Waals surface area contributed by atoms with Gasteiger partial charge in [0.25, 0.3) is 0 Å². The van der Waals surface area contributed by atoms with Crippen LogP contribution in [0.4, 0.5) is 0 Å². The monoisotopic (exact) mass is 436 g/mol. The molecular formula is C28H40N2O2. The second kappa shape index (κ2) is 14.0. The molecule has 1 aliphatic carbocycles. The Morgan fingerprint density at radius 3 is 2.25 bits per heavy atom. The number of esters is 1. The van der Waals surface area contributed by atoms with Gasteiger partial charge in [-0.05, 0) is 55.0 Å². The van der Waals surface area contributed by atoms with Gasteiger partial charge in [0, 0.05) is 24.4 Å². The number of nitrogens with zero attached hydrogens (tertiary/aromatic N) is 2. The predicted octanol–water partition coefficient (Wildman–Crippen LogP) is 7.70. The molecule has 174 valence electrons. The van der Waals surface area contributed by atoms with E-state index < -0.39 is 0 Å². The van der Waals surface area contributed by atoms with Gasteiger partial charge in [-0.3, -0.25) is 4.79 Å². The summed E-state index contributed by atoms with van der Waals surface area (Å²) in [6, 6.07) is 7.50. The number of carbonyl (C=O) groups is 1. The highest BCUT2D eigenvalue weighted by Gasteiger charge is 2.19. The van der Waals surface area contributed by atoms with E-state index in [-0.39, 0.29) is 5.97 Å². The lowest BCUT2D eigenvalue weighted by atomic mass is 10.1. The van der Waals surface area contributed by atoms with Crippen molar-refractivity contribution in [2.45, 2.75) is 103 Å². The first-order chi connectivity index (χ1) is 15.7. The average molecular weight is 437 g/mol. The average Bonchev–Trinajstić information content (AvgIpc) is 3.64. The van der Waals surface area contributed by atoms with Crippen molar-refractivity contribution in [3.63, 3.8) is 0 Å². The Morgan fingerprint density at radius 2 is 1.53 bits per heavy atom. The normalized spacial score (nSPS) is 13.3. The van der Waals surface area contributed by atoms with Crippen LogP contribution in [0.1, 0.15) is 102 Å². The van der Waals surface area contributed by atoms with Gasteiger partial charge >= 0.3 is 5.97 Å². The zero-order valence-corrected chi connectivity index (χ0v) is 19.9. The van der Waals surface area contributed by atoms with Crippen LogP contribution in [-0.4, -0.2) is 15.9 Å². The minimum Gasteiger partial charge on any atom is -0.427 e. The molecule has 1 saturated carbocycles. The van der Waals surface area contributed by atoms with Crippen LogP contribution in [0.25, 0.3) is 11.4 Å². The van der Waals surface area contributed by atoms with E-state index in [4.69, 9.17) is 4.74 Å². The topological polar surface area (TPSA) is 52.1 Å². The van der Waals surface area contributed by atoms with Crippen LogP contribution in [0.15, 0.2) is 36.7 Å². The van der Waals surface area contributed by atoms with Crippen LogP contribution >= 0.6 is 0 Å². The molecule has 0 spiro atoms. The number of carbonyl (C=O) groups excluding carboxylic acids is 1. The first-order valence-electron chi connectivity index (χ1n) is 12.9. The summed E-state index contributed by atoms with van der Waals surface area (Å²) in [7, 11) is 0. The Kier molecular flexibility index (Phi) is 10.7. The van der Waals surface area contributed by atoms with E-state index in [0.717, 1.165) is 30.7 Å². The fourth-order valence-electron chi connectivity index (χ4n) is 4.06. The van der Waals surface area contributed by atoms with Gasteiger partial charge in [-0.25, -0.2) is 9.97 Å². The van der Waals surface area contributed by atoms with E-state index in [1.807, 2.05) is 36.7 Å². The van der Waals surface area contributed by atoms with E-state index in [1.165, 1.54) is 76.2 Å². The second-order valence-corrected chi connectivity index (χ2v) is 9.33. The van der Waals surface area contributed by atoms with Crippen molar-refractivity contribution in [2.75, 3.05) is 0 Å². The summed E-state index contributed by atoms with van der Waals surface area (Å²) in [5.74, 6) is 2.17. The number of hydrogen-bond donors (Lipinski definition) is 0. The maximum Gasteiger partial charge on any atom is 0.311 e. The zero-order chi connectivity index (χ0) is 22.4. The Hall–Kier alpha value is -2.23. The Labute approximate surface area is 194 Å². The van der Waals surface area contributed by atoms with E-state index in [0.29, 0.717) is 18.0 Å². The lowest BCUT2D eigenvalue weighted by Crippen LogP contribution is -2.07. The molecule has 1 aliphatic rings. The van der Waals surface area contributed by atoms with Crippen LogP contribution in [0.3, 0.4) is 0 Å². The van der Waals surface area contributed by atoms with Gasteiger partial charge in [0.15, 0.2) is 5.82 Å². The molecule has 2 aromatic rings. The molecular weight excluding hydrogens is 396 g/mol. The maximum atomic E-state index is 12.1. The van der Waals surface area contributed by atoms with Crippen LogP contribution in [0.2, 0.25) is 0 Å². The molecule has 1 fully saturated rings. The lowest BCUT2D eigenvalue weighted by Gasteiger charge is -2.06. The van der Waals surface area contributed by atoms with Gasteiger partial charge in [-0.15, -0.1) is 0 Å². The van der Waals surface area contributed by atoms with Crippen molar-refractivity contribution >= 4 is 5.97 Å². The molecule has 0 amide bonds. The van der Waals surface area contributed by atoms with Gasteiger partial charge in [0.2, 0.25) is 0 Å². The summed E-state index contributed by atoms with van der Waals surface area (Å²) >= 11 is 0. The molecule has 0 atom stereocenters. The molecule has 0 bridgehead atoms. The molecule has 1 heterocycles. The Morgan fingerprint density at radius 1 is 0.875 bits per heavy atom. The summed E-state index contributed by atoms with van der Waals surface area (Å²) in [6.45, 7) is 2.25. The fourth-order valence-corrected chi connectivity index (χ4v) is 4.06. The fraction of sp³-hybridized carbons (Fsp3) is 0.607. The predicted molar refractivity (Wildman–Crippen MR) is 131 cm³/mol.